The zero-order chi connectivity index (χ0) is 19.5. The predicted octanol–water partition coefficient (Wildman–Crippen LogP) is 4.65. The van der Waals surface area contributed by atoms with Crippen LogP contribution in [-0.4, -0.2) is 20.5 Å². The Balaban J connectivity index is 1.63. The van der Waals surface area contributed by atoms with E-state index in [4.69, 9.17) is 10.7 Å². The molecular formula is C22H19FN2OS2. The summed E-state index contributed by atoms with van der Waals surface area (Å²) in [7, 11) is -0.999. The summed E-state index contributed by atoms with van der Waals surface area (Å²) in [5.74, 6) is 6.37. The van der Waals surface area contributed by atoms with Crippen molar-refractivity contribution in [1.82, 2.24) is 0 Å². The normalized spacial score (nSPS) is 23.3. The molecule has 142 valence electrons. The summed E-state index contributed by atoms with van der Waals surface area (Å²) in [5.41, 5.74) is 7.66. The number of nitrogens with zero attached hydrogens (tertiary/aromatic N) is 1. The van der Waals surface area contributed by atoms with Crippen LogP contribution in [0.2, 0.25) is 0 Å². The molecule has 1 aliphatic heterocycles. The number of benzene rings is 2. The number of amidine groups is 1. The molecule has 1 aliphatic carbocycles. The zero-order valence-corrected chi connectivity index (χ0v) is 17.1. The van der Waals surface area contributed by atoms with E-state index in [0.29, 0.717) is 17.2 Å². The van der Waals surface area contributed by atoms with Crippen LogP contribution in [0.3, 0.4) is 0 Å². The SMILES string of the molecule is CC#Cc1cc2c(cc1F)sc1ccc(C3CS(=O)C4(CCC4)C(N)=N3)cc12. The average Bonchev–Trinajstić information content (AvgIpc) is 2.97. The zero-order valence-electron chi connectivity index (χ0n) is 15.4. The van der Waals surface area contributed by atoms with Crippen molar-refractivity contribution in [3.05, 3.63) is 47.3 Å². The van der Waals surface area contributed by atoms with Crippen molar-refractivity contribution in [2.75, 3.05) is 5.75 Å². The lowest BCUT2D eigenvalue weighted by atomic mass is 9.83. The Kier molecular flexibility index (Phi) is 4.08. The van der Waals surface area contributed by atoms with Gasteiger partial charge in [0.15, 0.2) is 0 Å². The summed E-state index contributed by atoms with van der Waals surface area (Å²) in [6.45, 7) is 1.70. The summed E-state index contributed by atoms with van der Waals surface area (Å²) in [4.78, 5) is 4.73. The molecule has 3 nitrogen and oxygen atoms in total. The van der Waals surface area contributed by atoms with E-state index >= 15 is 0 Å². The fourth-order valence-electron chi connectivity index (χ4n) is 4.15. The number of hydrogen-bond acceptors (Lipinski definition) is 4. The van der Waals surface area contributed by atoms with E-state index in [-0.39, 0.29) is 16.6 Å². The highest BCUT2D eigenvalue weighted by molar-refractivity contribution is 7.87. The number of aliphatic imine (C=N–C) groups is 1. The Morgan fingerprint density at radius 3 is 2.71 bits per heavy atom. The molecule has 0 saturated heterocycles. The van der Waals surface area contributed by atoms with Gasteiger partial charge in [-0.25, -0.2) is 4.39 Å². The monoisotopic (exact) mass is 410 g/mol. The second-order valence-corrected chi connectivity index (χ2v) is 10.3. The van der Waals surface area contributed by atoms with E-state index in [1.165, 1.54) is 0 Å². The highest BCUT2D eigenvalue weighted by atomic mass is 32.2. The summed E-state index contributed by atoms with van der Waals surface area (Å²) in [6, 6.07) is 9.35. The van der Waals surface area contributed by atoms with E-state index in [1.54, 1.807) is 24.3 Å². The number of thiophene rings is 1. The van der Waals surface area contributed by atoms with Crippen molar-refractivity contribution in [2.45, 2.75) is 37.0 Å². The summed E-state index contributed by atoms with van der Waals surface area (Å²) in [5, 5.41) is 2.05. The van der Waals surface area contributed by atoms with Crippen molar-refractivity contribution in [3.8, 4) is 11.8 Å². The molecule has 0 bridgehead atoms. The quantitative estimate of drug-likeness (QED) is 0.594. The molecule has 5 rings (SSSR count). The Morgan fingerprint density at radius 2 is 2.04 bits per heavy atom. The molecule has 2 atom stereocenters. The predicted molar refractivity (Wildman–Crippen MR) is 116 cm³/mol. The number of hydrogen-bond donors (Lipinski definition) is 1. The Labute approximate surface area is 169 Å². The Bertz CT molecular complexity index is 1240. The van der Waals surface area contributed by atoms with Gasteiger partial charge in [0.2, 0.25) is 0 Å². The molecule has 6 heteroatoms. The first-order valence-corrected chi connectivity index (χ1v) is 11.5. The Morgan fingerprint density at radius 1 is 1.25 bits per heavy atom. The minimum Gasteiger partial charge on any atom is -0.386 e. The van der Waals surface area contributed by atoms with Crippen LogP contribution in [0.5, 0.6) is 0 Å². The van der Waals surface area contributed by atoms with Gasteiger partial charge in [-0.3, -0.25) is 9.20 Å². The van der Waals surface area contributed by atoms with Gasteiger partial charge < -0.3 is 5.73 Å². The summed E-state index contributed by atoms with van der Waals surface area (Å²) >= 11 is 1.56. The van der Waals surface area contributed by atoms with Crippen molar-refractivity contribution < 1.29 is 8.60 Å². The molecule has 3 aromatic rings. The van der Waals surface area contributed by atoms with Gasteiger partial charge in [-0.15, -0.1) is 17.3 Å². The molecule has 2 aliphatic rings. The third-order valence-corrected chi connectivity index (χ3v) is 9.14. The molecule has 28 heavy (non-hydrogen) atoms. The van der Waals surface area contributed by atoms with Crippen molar-refractivity contribution in [2.24, 2.45) is 10.7 Å². The number of rotatable bonds is 1. The second-order valence-electron chi connectivity index (χ2n) is 7.45. The third-order valence-electron chi connectivity index (χ3n) is 5.90. The molecule has 1 fully saturated rings. The van der Waals surface area contributed by atoms with Crippen LogP contribution in [0.15, 0.2) is 35.3 Å². The second kappa shape index (κ2) is 6.40. The van der Waals surface area contributed by atoms with Crippen LogP contribution in [0.4, 0.5) is 4.39 Å². The lowest BCUT2D eigenvalue weighted by molar-refractivity contribution is 0.429. The van der Waals surface area contributed by atoms with Gasteiger partial charge in [-0.2, -0.15) is 0 Å². The first kappa shape index (κ1) is 17.8. The number of fused-ring (bicyclic) bond motifs is 3. The number of halogens is 1. The van der Waals surface area contributed by atoms with Crippen molar-refractivity contribution >= 4 is 48.1 Å². The van der Waals surface area contributed by atoms with Crippen LogP contribution in [0.1, 0.15) is 43.4 Å². The van der Waals surface area contributed by atoms with Crippen LogP contribution < -0.4 is 5.73 Å². The van der Waals surface area contributed by atoms with Gasteiger partial charge in [-0.1, -0.05) is 12.0 Å². The molecule has 1 spiro atoms. The average molecular weight is 411 g/mol. The molecule has 2 unspecified atom stereocenters. The maximum atomic E-state index is 14.2. The molecule has 0 radical (unpaired) electrons. The maximum absolute atomic E-state index is 14.2. The summed E-state index contributed by atoms with van der Waals surface area (Å²) < 4.78 is 28.7. The smallest absolute Gasteiger partial charge is 0.140 e. The van der Waals surface area contributed by atoms with Crippen LogP contribution in [-0.2, 0) is 10.8 Å². The minimum atomic E-state index is -0.999. The van der Waals surface area contributed by atoms with Gasteiger partial charge in [0, 0.05) is 31.0 Å². The van der Waals surface area contributed by atoms with Gasteiger partial charge >= 0.3 is 0 Å². The van der Waals surface area contributed by atoms with Crippen LogP contribution in [0.25, 0.3) is 20.2 Å². The highest BCUT2D eigenvalue weighted by Crippen LogP contribution is 2.43. The molecule has 2 heterocycles. The van der Waals surface area contributed by atoms with Crippen LogP contribution in [0, 0.1) is 17.7 Å². The first-order valence-electron chi connectivity index (χ1n) is 9.32. The molecule has 2 N–H and O–H groups in total. The maximum Gasteiger partial charge on any atom is 0.140 e. The molecule has 2 aromatic carbocycles. The molecule has 1 aromatic heterocycles. The lowest BCUT2D eigenvalue weighted by Crippen LogP contribution is -2.56. The third kappa shape index (κ3) is 2.53. The molecule has 0 amide bonds. The number of nitrogens with two attached hydrogens (primary N) is 1. The molecule has 1 saturated carbocycles. The first-order chi connectivity index (χ1) is 13.5. The van der Waals surface area contributed by atoms with Gasteiger partial charge in [0.25, 0.3) is 0 Å². The fraction of sp³-hybridized carbons (Fsp3) is 0.318. The topological polar surface area (TPSA) is 55.5 Å². The van der Waals surface area contributed by atoms with E-state index in [2.05, 4.69) is 17.9 Å². The largest absolute Gasteiger partial charge is 0.386 e. The molecular weight excluding hydrogens is 391 g/mol. The fourth-order valence-corrected chi connectivity index (χ4v) is 7.14. The minimum absolute atomic E-state index is 0.193. The van der Waals surface area contributed by atoms with E-state index < -0.39 is 10.8 Å². The van der Waals surface area contributed by atoms with Crippen LogP contribution >= 0.6 is 11.3 Å². The van der Waals surface area contributed by atoms with Crippen molar-refractivity contribution in [3.63, 3.8) is 0 Å². The highest BCUT2D eigenvalue weighted by Gasteiger charge is 2.49. The van der Waals surface area contributed by atoms with Gasteiger partial charge in [0.1, 0.15) is 16.4 Å². The summed E-state index contributed by atoms with van der Waals surface area (Å²) in [6.07, 6.45) is 2.82. The standard InChI is InChI=1S/C22H19FN2OS2/c1-2-4-13-9-16-15-10-14(5-6-19(15)27-20(16)11-17(13)23)18-12-28(26)22(7-3-8-22)21(24)25-18/h5-6,9-11,18H,3,7-8,12H2,1H3,(H2,24,25). The lowest BCUT2D eigenvalue weighted by Gasteiger charge is -2.43. The van der Waals surface area contributed by atoms with Crippen molar-refractivity contribution in [1.29, 1.82) is 0 Å². The van der Waals surface area contributed by atoms with Gasteiger partial charge in [0.05, 0.1) is 17.4 Å². The Hall–Kier alpha value is -2.23. The van der Waals surface area contributed by atoms with Gasteiger partial charge in [-0.05, 0) is 56.0 Å². The van der Waals surface area contributed by atoms with E-state index in [1.807, 2.05) is 18.2 Å². The van der Waals surface area contributed by atoms with E-state index in [0.717, 1.165) is 45.0 Å². The van der Waals surface area contributed by atoms with E-state index in [9.17, 15) is 8.60 Å².